The molecule has 2 rings (SSSR count). The molecule has 0 spiro atoms. The van der Waals surface area contributed by atoms with Gasteiger partial charge in [0.15, 0.2) is 24.7 Å². The number of halogens is 1. The molecule has 148 valence electrons. The van der Waals surface area contributed by atoms with Gasteiger partial charge in [0.1, 0.15) is 5.75 Å². The maximum absolute atomic E-state index is 11.8. The van der Waals surface area contributed by atoms with Gasteiger partial charge < -0.3 is 19.9 Å². The van der Waals surface area contributed by atoms with Gasteiger partial charge in [0.25, 0.3) is 11.8 Å². The van der Waals surface area contributed by atoms with Crippen LogP contribution in [0, 0.1) is 6.92 Å². The topological polar surface area (TPSA) is 112 Å². The lowest BCUT2D eigenvalue weighted by molar-refractivity contribution is -0.123. The first kappa shape index (κ1) is 21.0. The molecule has 9 heteroatoms. The molecule has 2 aromatic rings. The van der Waals surface area contributed by atoms with Crippen molar-refractivity contribution in [1.29, 1.82) is 0 Å². The summed E-state index contributed by atoms with van der Waals surface area (Å²) >= 11 is 5.94. The van der Waals surface area contributed by atoms with Gasteiger partial charge in [-0.25, -0.2) is 5.43 Å². The number of nitrogens with one attached hydrogen (secondary N) is 1. The number of rotatable bonds is 9. The van der Waals surface area contributed by atoms with Crippen LogP contribution >= 0.6 is 11.6 Å². The normalized spacial score (nSPS) is 10.5. The Morgan fingerprint density at radius 2 is 1.93 bits per heavy atom. The van der Waals surface area contributed by atoms with E-state index in [-0.39, 0.29) is 13.2 Å². The van der Waals surface area contributed by atoms with Crippen LogP contribution < -0.4 is 25.4 Å². The fourth-order valence-corrected chi connectivity index (χ4v) is 2.22. The number of ether oxygens (including phenoxy) is 3. The molecule has 0 radical (unpaired) electrons. The molecule has 8 nitrogen and oxygen atoms in total. The Morgan fingerprint density at radius 3 is 2.61 bits per heavy atom. The second kappa shape index (κ2) is 10.2. The number of carbonyl (C=O) groups excluding carboxylic acids is 2. The number of hydrogen-bond acceptors (Lipinski definition) is 6. The number of primary amides is 1. The smallest absolute Gasteiger partial charge is 0.277 e. The van der Waals surface area contributed by atoms with Crippen LogP contribution in [0.5, 0.6) is 17.2 Å². The number of benzene rings is 2. The van der Waals surface area contributed by atoms with Crippen molar-refractivity contribution in [3.63, 3.8) is 0 Å². The highest BCUT2D eigenvalue weighted by Gasteiger charge is 2.07. The lowest BCUT2D eigenvalue weighted by atomic mass is 10.2. The van der Waals surface area contributed by atoms with Gasteiger partial charge in [0, 0.05) is 5.02 Å². The highest BCUT2D eigenvalue weighted by molar-refractivity contribution is 6.31. The van der Waals surface area contributed by atoms with Crippen LogP contribution in [0.15, 0.2) is 41.5 Å². The standard InChI is InChI=1S/C19H20ClN3O5/c1-12-7-14(4-5-15(12)20)27-11-19(25)23-22-9-13-3-6-16(17(8-13)26-2)28-10-18(21)24/h3-9H,10-11H2,1-2H3,(H2,21,24)(H,23,25)/b22-9+. The largest absolute Gasteiger partial charge is 0.493 e. The van der Waals surface area contributed by atoms with Crippen molar-refractivity contribution >= 4 is 29.6 Å². The molecular formula is C19H20ClN3O5. The Labute approximate surface area is 167 Å². The van der Waals surface area contributed by atoms with Crippen LogP contribution in [0.2, 0.25) is 5.02 Å². The third-order valence-corrected chi connectivity index (χ3v) is 3.88. The first-order valence-corrected chi connectivity index (χ1v) is 8.57. The number of nitrogens with zero attached hydrogens (tertiary/aromatic N) is 1. The Morgan fingerprint density at radius 1 is 1.14 bits per heavy atom. The number of aryl methyl sites for hydroxylation is 1. The second-order valence-electron chi connectivity index (χ2n) is 5.66. The molecule has 0 bridgehead atoms. The van der Waals surface area contributed by atoms with Crippen molar-refractivity contribution in [2.75, 3.05) is 20.3 Å². The van der Waals surface area contributed by atoms with Crippen molar-refractivity contribution in [1.82, 2.24) is 5.43 Å². The van der Waals surface area contributed by atoms with E-state index in [0.717, 1.165) is 5.56 Å². The first-order chi connectivity index (χ1) is 13.4. The summed E-state index contributed by atoms with van der Waals surface area (Å²) in [4.78, 5) is 22.6. The third kappa shape index (κ3) is 6.48. The Kier molecular flexibility index (Phi) is 7.65. The quantitative estimate of drug-likeness (QED) is 0.489. The van der Waals surface area contributed by atoms with E-state index in [0.29, 0.717) is 27.8 Å². The van der Waals surface area contributed by atoms with E-state index < -0.39 is 11.8 Å². The lowest BCUT2D eigenvalue weighted by Gasteiger charge is -2.09. The molecule has 0 heterocycles. The lowest BCUT2D eigenvalue weighted by Crippen LogP contribution is -2.24. The Hall–Kier alpha value is -3.26. The molecule has 0 saturated carbocycles. The highest BCUT2D eigenvalue weighted by atomic mass is 35.5. The van der Waals surface area contributed by atoms with Crippen LogP contribution in [-0.2, 0) is 9.59 Å². The summed E-state index contributed by atoms with van der Waals surface area (Å²) in [5.41, 5.74) is 8.92. The summed E-state index contributed by atoms with van der Waals surface area (Å²) in [5.74, 6) is 0.299. The van der Waals surface area contributed by atoms with Crippen LogP contribution in [0.4, 0.5) is 0 Å². The van der Waals surface area contributed by atoms with Crippen LogP contribution in [0.1, 0.15) is 11.1 Å². The van der Waals surface area contributed by atoms with Crippen molar-refractivity contribution < 1.29 is 23.8 Å². The van der Waals surface area contributed by atoms with E-state index in [9.17, 15) is 9.59 Å². The van der Waals surface area contributed by atoms with Gasteiger partial charge in [0.2, 0.25) is 0 Å². The van der Waals surface area contributed by atoms with E-state index >= 15 is 0 Å². The summed E-state index contributed by atoms with van der Waals surface area (Å²) in [6.45, 7) is 1.40. The Balaban J connectivity index is 1.87. The average Bonchev–Trinajstić information content (AvgIpc) is 2.67. The van der Waals surface area contributed by atoms with E-state index in [4.69, 9.17) is 31.5 Å². The van der Waals surface area contributed by atoms with Crippen molar-refractivity contribution in [3.05, 3.63) is 52.5 Å². The van der Waals surface area contributed by atoms with Gasteiger partial charge in [-0.05, 0) is 54.4 Å². The predicted molar refractivity (Wildman–Crippen MR) is 105 cm³/mol. The van der Waals surface area contributed by atoms with Gasteiger partial charge in [0.05, 0.1) is 13.3 Å². The number of nitrogens with two attached hydrogens (primary N) is 1. The minimum absolute atomic E-state index is 0.193. The highest BCUT2D eigenvalue weighted by Crippen LogP contribution is 2.27. The fraction of sp³-hybridized carbons (Fsp3) is 0.211. The van der Waals surface area contributed by atoms with Gasteiger partial charge in [-0.2, -0.15) is 5.10 Å². The molecule has 0 aliphatic carbocycles. The number of amides is 2. The van der Waals surface area contributed by atoms with E-state index in [1.807, 2.05) is 6.92 Å². The molecule has 0 fully saturated rings. The van der Waals surface area contributed by atoms with Gasteiger partial charge >= 0.3 is 0 Å². The van der Waals surface area contributed by atoms with Gasteiger partial charge in [-0.15, -0.1) is 0 Å². The van der Waals surface area contributed by atoms with Crippen LogP contribution in [0.25, 0.3) is 0 Å². The van der Waals surface area contributed by atoms with E-state index in [1.165, 1.54) is 13.3 Å². The minimum Gasteiger partial charge on any atom is -0.493 e. The molecule has 2 aromatic carbocycles. The van der Waals surface area contributed by atoms with Gasteiger partial charge in [-0.3, -0.25) is 9.59 Å². The molecule has 0 unspecified atom stereocenters. The number of hydrazone groups is 1. The number of hydrogen-bond donors (Lipinski definition) is 2. The molecule has 2 amide bonds. The van der Waals surface area contributed by atoms with Crippen LogP contribution in [-0.4, -0.2) is 38.4 Å². The van der Waals surface area contributed by atoms with Crippen LogP contribution in [0.3, 0.4) is 0 Å². The van der Waals surface area contributed by atoms with Crippen molar-refractivity contribution in [2.45, 2.75) is 6.92 Å². The monoisotopic (exact) mass is 405 g/mol. The number of methoxy groups -OCH3 is 1. The molecule has 3 N–H and O–H groups in total. The average molecular weight is 406 g/mol. The zero-order valence-corrected chi connectivity index (χ0v) is 16.2. The fourth-order valence-electron chi connectivity index (χ4n) is 2.10. The molecule has 0 aliphatic rings. The minimum atomic E-state index is -0.591. The number of carbonyl (C=O) groups is 2. The zero-order valence-electron chi connectivity index (χ0n) is 15.4. The molecule has 28 heavy (non-hydrogen) atoms. The van der Waals surface area contributed by atoms with E-state index in [1.54, 1.807) is 36.4 Å². The molecule has 0 aromatic heterocycles. The SMILES string of the molecule is COc1cc(/C=N/NC(=O)COc2ccc(Cl)c(C)c2)ccc1OCC(N)=O. The molecule has 0 atom stereocenters. The van der Waals surface area contributed by atoms with Crippen molar-refractivity contribution in [3.8, 4) is 17.2 Å². The summed E-state index contributed by atoms with van der Waals surface area (Å²) in [6.07, 6.45) is 1.44. The Bertz CT molecular complexity index is 886. The summed E-state index contributed by atoms with van der Waals surface area (Å²) in [7, 11) is 1.46. The second-order valence-corrected chi connectivity index (χ2v) is 6.07. The summed E-state index contributed by atoms with van der Waals surface area (Å²) < 4.78 is 15.8. The predicted octanol–water partition coefficient (Wildman–Crippen LogP) is 2.05. The molecule has 0 saturated heterocycles. The molecule has 0 aliphatic heterocycles. The zero-order chi connectivity index (χ0) is 20.5. The van der Waals surface area contributed by atoms with E-state index in [2.05, 4.69) is 10.5 Å². The maximum atomic E-state index is 11.8. The van der Waals surface area contributed by atoms with Gasteiger partial charge in [-0.1, -0.05) is 11.6 Å². The summed E-state index contributed by atoms with van der Waals surface area (Å²) in [5, 5.41) is 4.50. The molecular weight excluding hydrogens is 386 g/mol. The summed E-state index contributed by atoms with van der Waals surface area (Å²) in [6, 6.07) is 10.1. The van der Waals surface area contributed by atoms with Crippen molar-refractivity contribution in [2.24, 2.45) is 10.8 Å². The third-order valence-electron chi connectivity index (χ3n) is 3.46. The maximum Gasteiger partial charge on any atom is 0.277 e. The first-order valence-electron chi connectivity index (χ1n) is 8.19.